The van der Waals surface area contributed by atoms with Crippen molar-refractivity contribution in [2.75, 3.05) is 19.8 Å². The van der Waals surface area contributed by atoms with Crippen LogP contribution in [0.1, 0.15) is 149 Å². The number of allylic oxidation sites excluding steroid dienone is 2. The molecule has 2 saturated heterocycles. The number of ether oxygens (including phenoxy) is 4. The number of aliphatic hydroxyl groups is 8. The van der Waals surface area contributed by atoms with E-state index in [1.165, 1.54) is 51.4 Å². The van der Waals surface area contributed by atoms with Crippen molar-refractivity contribution in [2.45, 2.75) is 222 Å². The summed E-state index contributed by atoms with van der Waals surface area (Å²) in [6.07, 6.45) is 9.54. The van der Waals surface area contributed by atoms with Crippen molar-refractivity contribution in [3.63, 3.8) is 0 Å². The van der Waals surface area contributed by atoms with E-state index in [4.69, 9.17) is 18.9 Å². The highest BCUT2D eigenvalue weighted by atomic mass is 16.7. The summed E-state index contributed by atoms with van der Waals surface area (Å²) in [5.74, 6) is -0.221. The summed E-state index contributed by atoms with van der Waals surface area (Å²) in [5, 5.41) is 86.3. The first-order valence-corrected chi connectivity index (χ1v) is 21.4. The van der Waals surface area contributed by atoms with E-state index in [9.17, 15) is 45.6 Å². The standard InChI is InChI=1S/C41H77NO13/c1-3-5-7-9-11-13-14-15-17-19-21-23-25-33(46)42-29(30(45)24-22-20-18-16-12-10-8-6-4-2)28-52-40-38(51)36(49)39(32(27-44)54-40)55-41-37(50)35(48)34(47)31(26-43)53-41/h11,13,29-32,34-41,43-45,47-51H,3-10,12,14-28H2,1-2H3,(H,42,46)/b13-11-. The molecular weight excluding hydrogens is 714 g/mol. The van der Waals surface area contributed by atoms with Gasteiger partial charge in [-0.15, -0.1) is 0 Å². The predicted molar refractivity (Wildman–Crippen MR) is 208 cm³/mol. The lowest BCUT2D eigenvalue weighted by Gasteiger charge is -2.46. The van der Waals surface area contributed by atoms with Gasteiger partial charge in [-0.25, -0.2) is 0 Å². The topological polar surface area (TPSA) is 228 Å². The molecule has 14 heteroatoms. The summed E-state index contributed by atoms with van der Waals surface area (Å²) in [5.41, 5.74) is 0. The average molecular weight is 792 g/mol. The molecule has 0 spiro atoms. The number of rotatable bonds is 31. The van der Waals surface area contributed by atoms with Crippen LogP contribution in [0.4, 0.5) is 0 Å². The molecule has 14 nitrogen and oxygen atoms in total. The van der Waals surface area contributed by atoms with Crippen LogP contribution in [-0.4, -0.2) is 140 Å². The number of carbonyl (C=O) groups excluding carboxylic acids is 1. The van der Waals surface area contributed by atoms with Gasteiger partial charge in [-0.1, -0.05) is 116 Å². The third-order valence-electron chi connectivity index (χ3n) is 10.7. The highest BCUT2D eigenvalue weighted by Crippen LogP contribution is 2.30. The second-order valence-corrected chi connectivity index (χ2v) is 15.5. The Balaban J connectivity index is 1.91. The summed E-state index contributed by atoms with van der Waals surface area (Å²) in [7, 11) is 0. The highest BCUT2D eigenvalue weighted by molar-refractivity contribution is 5.76. The Morgan fingerprint density at radius 1 is 0.636 bits per heavy atom. The first-order valence-electron chi connectivity index (χ1n) is 21.4. The summed E-state index contributed by atoms with van der Waals surface area (Å²) < 4.78 is 22.6. The molecule has 1 amide bonds. The maximum absolute atomic E-state index is 13.0. The van der Waals surface area contributed by atoms with Crippen LogP contribution in [0.2, 0.25) is 0 Å². The van der Waals surface area contributed by atoms with E-state index in [2.05, 4.69) is 31.3 Å². The van der Waals surface area contributed by atoms with E-state index in [0.717, 1.165) is 64.2 Å². The number of hydrogen-bond acceptors (Lipinski definition) is 13. The van der Waals surface area contributed by atoms with Gasteiger partial charge in [-0.2, -0.15) is 0 Å². The van der Waals surface area contributed by atoms with Gasteiger partial charge in [0, 0.05) is 6.42 Å². The lowest BCUT2D eigenvalue weighted by atomic mass is 9.97. The maximum Gasteiger partial charge on any atom is 0.220 e. The normalized spacial score (nSPS) is 29.8. The minimum atomic E-state index is -1.78. The van der Waals surface area contributed by atoms with E-state index < -0.39 is 86.8 Å². The molecule has 324 valence electrons. The third kappa shape index (κ3) is 18.9. The quantitative estimate of drug-likeness (QED) is 0.0364. The van der Waals surface area contributed by atoms with Gasteiger partial charge < -0.3 is 65.1 Å². The fourth-order valence-electron chi connectivity index (χ4n) is 7.11. The summed E-state index contributed by atoms with van der Waals surface area (Å²) in [6, 6.07) is -0.825. The number of amides is 1. The van der Waals surface area contributed by atoms with Gasteiger partial charge in [-0.05, 0) is 38.5 Å². The van der Waals surface area contributed by atoms with Crippen LogP contribution in [0.3, 0.4) is 0 Å². The fraction of sp³-hybridized carbons (Fsp3) is 0.927. The van der Waals surface area contributed by atoms with Gasteiger partial charge in [0.15, 0.2) is 12.6 Å². The van der Waals surface area contributed by atoms with Crippen LogP contribution < -0.4 is 5.32 Å². The largest absolute Gasteiger partial charge is 0.394 e. The van der Waals surface area contributed by atoms with Crippen LogP contribution in [-0.2, 0) is 23.7 Å². The Kier molecular flexibility index (Phi) is 27.1. The Morgan fingerprint density at radius 2 is 1.15 bits per heavy atom. The molecule has 0 radical (unpaired) electrons. The van der Waals surface area contributed by atoms with Crippen molar-refractivity contribution in [3.8, 4) is 0 Å². The smallest absolute Gasteiger partial charge is 0.220 e. The molecule has 2 aliphatic rings. The second-order valence-electron chi connectivity index (χ2n) is 15.5. The van der Waals surface area contributed by atoms with Gasteiger partial charge in [-0.3, -0.25) is 4.79 Å². The molecule has 0 aromatic rings. The summed E-state index contributed by atoms with van der Waals surface area (Å²) in [4.78, 5) is 13.0. The van der Waals surface area contributed by atoms with Crippen LogP contribution in [0.15, 0.2) is 12.2 Å². The molecule has 2 heterocycles. The Bertz CT molecular complexity index is 988. The van der Waals surface area contributed by atoms with Crippen molar-refractivity contribution in [1.29, 1.82) is 0 Å². The zero-order valence-corrected chi connectivity index (χ0v) is 33.7. The Morgan fingerprint density at radius 3 is 1.76 bits per heavy atom. The van der Waals surface area contributed by atoms with Gasteiger partial charge in [0.1, 0.15) is 48.8 Å². The van der Waals surface area contributed by atoms with E-state index in [0.29, 0.717) is 19.3 Å². The van der Waals surface area contributed by atoms with Crippen LogP contribution in [0.5, 0.6) is 0 Å². The highest BCUT2D eigenvalue weighted by Gasteiger charge is 2.50. The molecule has 12 unspecified atom stereocenters. The molecule has 0 aromatic carbocycles. The van der Waals surface area contributed by atoms with Crippen molar-refractivity contribution >= 4 is 5.91 Å². The Labute approximate surface area is 329 Å². The van der Waals surface area contributed by atoms with Crippen LogP contribution >= 0.6 is 0 Å². The number of unbranched alkanes of at least 4 members (excludes halogenated alkanes) is 16. The lowest BCUT2D eigenvalue weighted by molar-refractivity contribution is -0.359. The van der Waals surface area contributed by atoms with Gasteiger partial charge in [0.25, 0.3) is 0 Å². The SMILES string of the molecule is CCCCC/C=C\CCCCCCCC(=O)NC(COC1OC(CO)C(OC2OC(CO)C(O)C(O)C2O)C(O)C1O)C(O)CCCCCCCCCCC. The fourth-order valence-corrected chi connectivity index (χ4v) is 7.11. The lowest BCUT2D eigenvalue weighted by Crippen LogP contribution is -2.65. The van der Waals surface area contributed by atoms with E-state index in [-0.39, 0.29) is 12.5 Å². The first kappa shape index (κ1) is 49.9. The van der Waals surface area contributed by atoms with E-state index >= 15 is 0 Å². The molecule has 2 fully saturated rings. The maximum atomic E-state index is 13.0. The molecular formula is C41H77NO13. The number of aliphatic hydroxyl groups excluding tert-OH is 8. The molecule has 0 bridgehead atoms. The average Bonchev–Trinajstić information content (AvgIpc) is 3.18. The number of nitrogens with one attached hydrogen (secondary N) is 1. The molecule has 9 N–H and O–H groups in total. The molecule has 0 saturated carbocycles. The van der Waals surface area contributed by atoms with E-state index in [1.807, 2.05) is 0 Å². The minimum absolute atomic E-state index is 0.221. The van der Waals surface area contributed by atoms with Crippen molar-refractivity contribution in [2.24, 2.45) is 0 Å². The number of carbonyl (C=O) groups is 1. The zero-order chi connectivity index (χ0) is 40.4. The summed E-state index contributed by atoms with van der Waals surface area (Å²) >= 11 is 0. The van der Waals surface area contributed by atoms with Gasteiger partial charge in [0.2, 0.25) is 5.91 Å². The Hall–Kier alpha value is -1.27. The van der Waals surface area contributed by atoms with E-state index in [1.54, 1.807) is 0 Å². The molecule has 12 atom stereocenters. The summed E-state index contributed by atoms with van der Waals surface area (Å²) in [6.45, 7) is 2.75. The van der Waals surface area contributed by atoms with Crippen molar-refractivity contribution < 1.29 is 64.6 Å². The first-order chi connectivity index (χ1) is 26.6. The molecule has 55 heavy (non-hydrogen) atoms. The van der Waals surface area contributed by atoms with Crippen molar-refractivity contribution in [3.05, 3.63) is 12.2 Å². The van der Waals surface area contributed by atoms with Crippen LogP contribution in [0, 0.1) is 0 Å². The van der Waals surface area contributed by atoms with Gasteiger partial charge in [0.05, 0.1) is 32.0 Å². The minimum Gasteiger partial charge on any atom is -0.394 e. The zero-order valence-electron chi connectivity index (χ0n) is 33.7. The van der Waals surface area contributed by atoms with Gasteiger partial charge >= 0.3 is 0 Å². The number of hydrogen-bond donors (Lipinski definition) is 9. The molecule has 0 aromatic heterocycles. The second kappa shape index (κ2) is 29.9. The predicted octanol–water partition coefficient (Wildman–Crippen LogP) is 3.26. The third-order valence-corrected chi connectivity index (χ3v) is 10.7. The molecule has 0 aliphatic carbocycles. The van der Waals surface area contributed by atoms with Crippen molar-refractivity contribution in [1.82, 2.24) is 5.32 Å². The van der Waals surface area contributed by atoms with Crippen LogP contribution in [0.25, 0.3) is 0 Å². The molecule has 2 aliphatic heterocycles. The monoisotopic (exact) mass is 792 g/mol. The molecule has 2 rings (SSSR count).